The summed E-state index contributed by atoms with van der Waals surface area (Å²) in [7, 11) is 3.66. The number of nitrogens with two attached hydrogens (primary N) is 1. The highest BCUT2D eigenvalue weighted by molar-refractivity contribution is 5.66. The van der Waals surface area contributed by atoms with Gasteiger partial charge in [0.05, 0.1) is 24.6 Å². The zero-order valence-electron chi connectivity index (χ0n) is 12.0. The normalized spacial score (nSPS) is 11.1. The zero-order chi connectivity index (χ0) is 14.0. The number of hydrogen-bond acceptors (Lipinski definition) is 3. The molecule has 0 bridgehead atoms. The first-order chi connectivity index (χ1) is 9.08. The molecule has 0 saturated carbocycles. The minimum atomic E-state index is 0.471. The minimum Gasteiger partial charge on any atom is -0.496 e. The highest BCUT2D eigenvalue weighted by Gasteiger charge is 2.14. The van der Waals surface area contributed by atoms with Crippen LogP contribution in [0.3, 0.4) is 0 Å². The summed E-state index contributed by atoms with van der Waals surface area (Å²) in [5.41, 5.74) is 8.99. The van der Waals surface area contributed by atoms with Crippen molar-refractivity contribution in [3.8, 4) is 17.1 Å². The summed E-state index contributed by atoms with van der Waals surface area (Å²) in [4.78, 5) is 4.47. The van der Waals surface area contributed by atoms with E-state index >= 15 is 0 Å². The van der Waals surface area contributed by atoms with Crippen LogP contribution in [0.25, 0.3) is 11.4 Å². The fourth-order valence-corrected chi connectivity index (χ4v) is 2.14. The molecule has 19 heavy (non-hydrogen) atoms. The summed E-state index contributed by atoms with van der Waals surface area (Å²) in [5.74, 6) is 2.19. The molecular weight excluding hydrogens is 238 g/mol. The molecule has 2 aromatic rings. The molecule has 0 unspecified atom stereocenters. The molecule has 102 valence electrons. The van der Waals surface area contributed by atoms with Crippen LogP contribution in [0.1, 0.15) is 31.0 Å². The fourth-order valence-electron chi connectivity index (χ4n) is 2.14. The predicted octanol–water partition coefficient (Wildman–Crippen LogP) is 2.68. The van der Waals surface area contributed by atoms with Crippen LogP contribution in [0.5, 0.6) is 5.75 Å². The molecule has 2 N–H and O–H groups in total. The van der Waals surface area contributed by atoms with Gasteiger partial charge in [-0.3, -0.25) is 0 Å². The van der Waals surface area contributed by atoms with Crippen molar-refractivity contribution in [2.75, 3.05) is 7.11 Å². The van der Waals surface area contributed by atoms with Gasteiger partial charge in [-0.15, -0.1) is 0 Å². The Morgan fingerprint density at radius 1 is 1.37 bits per heavy atom. The summed E-state index contributed by atoms with van der Waals surface area (Å²) in [6.07, 6.45) is 1.82. The van der Waals surface area contributed by atoms with E-state index in [1.807, 2.05) is 23.9 Å². The lowest BCUT2D eigenvalue weighted by molar-refractivity contribution is 0.415. The molecule has 0 saturated heterocycles. The van der Waals surface area contributed by atoms with E-state index in [1.54, 1.807) is 7.11 Å². The van der Waals surface area contributed by atoms with Gasteiger partial charge in [0.2, 0.25) is 0 Å². The lowest BCUT2D eigenvalue weighted by Crippen LogP contribution is -2.05. The molecule has 0 aliphatic rings. The van der Waals surface area contributed by atoms with Crippen LogP contribution in [-0.4, -0.2) is 16.7 Å². The number of nitrogens with zero attached hydrogens (tertiary/aromatic N) is 2. The standard InChI is InChI=1S/C15H21N3O/c1-10(2)11-5-6-14(19-4)13(7-11)15-17-9-12(8-16)18(15)3/h5-7,9-10H,8,16H2,1-4H3. The molecule has 0 atom stereocenters. The number of ether oxygens (including phenoxy) is 1. The average Bonchev–Trinajstić information content (AvgIpc) is 2.78. The van der Waals surface area contributed by atoms with Gasteiger partial charge in [-0.25, -0.2) is 4.98 Å². The Morgan fingerprint density at radius 2 is 2.11 bits per heavy atom. The largest absolute Gasteiger partial charge is 0.496 e. The summed E-state index contributed by atoms with van der Waals surface area (Å²) < 4.78 is 7.46. The number of hydrogen-bond donors (Lipinski definition) is 1. The van der Waals surface area contributed by atoms with Crippen molar-refractivity contribution in [2.45, 2.75) is 26.3 Å². The second kappa shape index (κ2) is 5.45. The predicted molar refractivity (Wildman–Crippen MR) is 77.2 cm³/mol. The van der Waals surface area contributed by atoms with Crippen LogP contribution >= 0.6 is 0 Å². The molecule has 4 nitrogen and oxygen atoms in total. The van der Waals surface area contributed by atoms with Gasteiger partial charge in [-0.2, -0.15) is 0 Å². The molecule has 0 spiro atoms. The first-order valence-corrected chi connectivity index (χ1v) is 6.47. The van der Waals surface area contributed by atoms with Crippen molar-refractivity contribution < 1.29 is 4.74 Å². The SMILES string of the molecule is COc1ccc(C(C)C)cc1-c1ncc(CN)n1C. The molecule has 4 heteroatoms. The van der Waals surface area contributed by atoms with Gasteiger partial charge in [0.1, 0.15) is 11.6 Å². The van der Waals surface area contributed by atoms with Crippen molar-refractivity contribution in [1.29, 1.82) is 0 Å². The maximum atomic E-state index is 5.70. The molecule has 0 aliphatic heterocycles. The van der Waals surface area contributed by atoms with Crippen molar-refractivity contribution in [3.63, 3.8) is 0 Å². The van der Waals surface area contributed by atoms with Gasteiger partial charge < -0.3 is 15.0 Å². The lowest BCUT2D eigenvalue weighted by Gasteiger charge is -2.13. The smallest absolute Gasteiger partial charge is 0.143 e. The van der Waals surface area contributed by atoms with E-state index in [2.05, 4.69) is 31.0 Å². The first kappa shape index (κ1) is 13.6. The molecule has 0 fully saturated rings. The van der Waals surface area contributed by atoms with Gasteiger partial charge in [0, 0.05) is 13.6 Å². The summed E-state index contributed by atoms with van der Waals surface area (Å²) >= 11 is 0. The minimum absolute atomic E-state index is 0.471. The van der Waals surface area contributed by atoms with E-state index in [4.69, 9.17) is 10.5 Å². The van der Waals surface area contributed by atoms with Crippen molar-refractivity contribution in [1.82, 2.24) is 9.55 Å². The molecule has 0 amide bonds. The Morgan fingerprint density at radius 3 is 2.63 bits per heavy atom. The number of aromatic nitrogens is 2. The Bertz CT molecular complexity index is 573. The van der Waals surface area contributed by atoms with Crippen LogP contribution in [0, 0.1) is 0 Å². The average molecular weight is 259 g/mol. The van der Waals surface area contributed by atoms with Crippen LogP contribution < -0.4 is 10.5 Å². The Labute approximate surface area is 114 Å². The number of imidazole rings is 1. The Kier molecular flexibility index (Phi) is 3.90. The Balaban J connectivity index is 2.58. The van der Waals surface area contributed by atoms with Crippen LogP contribution in [0.2, 0.25) is 0 Å². The first-order valence-electron chi connectivity index (χ1n) is 6.47. The number of benzene rings is 1. The van der Waals surface area contributed by atoms with E-state index in [1.165, 1.54) is 5.56 Å². The van der Waals surface area contributed by atoms with E-state index in [0.717, 1.165) is 22.8 Å². The highest BCUT2D eigenvalue weighted by atomic mass is 16.5. The third-order valence-electron chi connectivity index (χ3n) is 3.42. The fraction of sp³-hybridized carbons (Fsp3) is 0.400. The van der Waals surface area contributed by atoms with Gasteiger partial charge in [-0.05, 0) is 23.6 Å². The van der Waals surface area contributed by atoms with Crippen molar-refractivity contribution in [2.24, 2.45) is 12.8 Å². The molecule has 1 aromatic heterocycles. The van der Waals surface area contributed by atoms with E-state index < -0.39 is 0 Å². The molecule has 0 aliphatic carbocycles. The monoisotopic (exact) mass is 259 g/mol. The third kappa shape index (κ3) is 2.49. The van der Waals surface area contributed by atoms with Gasteiger partial charge in [-0.1, -0.05) is 19.9 Å². The van der Waals surface area contributed by atoms with Gasteiger partial charge in [0.15, 0.2) is 0 Å². The van der Waals surface area contributed by atoms with Crippen LogP contribution in [0.15, 0.2) is 24.4 Å². The number of rotatable bonds is 4. The van der Waals surface area contributed by atoms with Gasteiger partial charge >= 0.3 is 0 Å². The van der Waals surface area contributed by atoms with Crippen molar-refractivity contribution in [3.05, 3.63) is 35.7 Å². The van der Waals surface area contributed by atoms with Crippen LogP contribution in [0.4, 0.5) is 0 Å². The van der Waals surface area contributed by atoms with E-state index in [9.17, 15) is 0 Å². The maximum Gasteiger partial charge on any atom is 0.143 e. The second-order valence-corrected chi connectivity index (χ2v) is 4.95. The molecule has 2 rings (SSSR count). The maximum absolute atomic E-state index is 5.70. The summed E-state index contributed by atoms with van der Waals surface area (Å²) in [5, 5.41) is 0. The summed E-state index contributed by atoms with van der Waals surface area (Å²) in [6, 6.07) is 6.24. The molecular formula is C15H21N3O. The van der Waals surface area contributed by atoms with Gasteiger partial charge in [0.25, 0.3) is 0 Å². The molecule has 1 heterocycles. The van der Waals surface area contributed by atoms with Crippen molar-refractivity contribution >= 4 is 0 Å². The number of methoxy groups -OCH3 is 1. The summed E-state index contributed by atoms with van der Waals surface area (Å²) in [6.45, 7) is 4.83. The second-order valence-electron chi connectivity index (χ2n) is 4.95. The molecule has 0 radical (unpaired) electrons. The molecule has 1 aromatic carbocycles. The quantitative estimate of drug-likeness (QED) is 0.918. The van der Waals surface area contributed by atoms with E-state index in [0.29, 0.717) is 12.5 Å². The topological polar surface area (TPSA) is 53.1 Å². The lowest BCUT2D eigenvalue weighted by atomic mass is 10.00. The van der Waals surface area contributed by atoms with Crippen LogP contribution in [-0.2, 0) is 13.6 Å². The third-order valence-corrected chi connectivity index (χ3v) is 3.42. The van der Waals surface area contributed by atoms with E-state index in [-0.39, 0.29) is 0 Å². The zero-order valence-corrected chi connectivity index (χ0v) is 12.0. The Hall–Kier alpha value is -1.81. The highest BCUT2D eigenvalue weighted by Crippen LogP contribution is 2.32.